The topological polar surface area (TPSA) is 58.2 Å². The van der Waals surface area contributed by atoms with E-state index in [4.69, 9.17) is 0 Å². The lowest BCUT2D eigenvalue weighted by Crippen LogP contribution is -2.53. The number of sulfonamides is 1. The predicted octanol–water partition coefficient (Wildman–Crippen LogP) is 3.99. The van der Waals surface area contributed by atoms with Crippen molar-refractivity contribution >= 4 is 15.7 Å². The summed E-state index contributed by atoms with van der Waals surface area (Å²) in [5.41, 5.74) is 2.09. The molecular formula is C20H22N2O2S. The minimum atomic E-state index is -3.67. The first kappa shape index (κ1) is 17.5. The van der Waals surface area contributed by atoms with Gasteiger partial charge in [0.15, 0.2) is 0 Å². The van der Waals surface area contributed by atoms with Crippen molar-refractivity contribution in [2.24, 2.45) is 0 Å². The molecule has 0 aliphatic heterocycles. The van der Waals surface area contributed by atoms with Crippen LogP contribution in [-0.2, 0) is 10.0 Å². The molecule has 0 spiro atoms. The lowest BCUT2D eigenvalue weighted by molar-refractivity contribution is 0.508. The van der Waals surface area contributed by atoms with Gasteiger partial charge in [-0.3, -0.25) is 0 Å². The number of rotatable bonds is 5. The summed E-state index contributed by atoms with van der Waals surface area (Å²) in [5, 5.41) is 3.33. The molecular weight excluding hydrogens is 332 g/mol. The molecule has 0 saturated heterocycles. The summed E-state index contributed by atoms with van der Waals surface area (Å²) in [6, 6.07) is 16.4. The normalized spacial score (nSPS) is 20.2. The van der Waals surface area contributed by atoms with Gasteiger partial charge < -0.3 is 5.32 Å². The number of hydrogen-bond acceptors (Lipinski definition) is 3. The maximum Gasteiger partial charge on any atom is 0.242 e. The average Bonchev–Trinajstić information content (AvgIpc) is 2.59. The van der Waals surface area contributed by atoms with E-state index in [-0.39, 0.29) is 4.90 Å². The molecule has 2 aromatic rings. The van der Waals surface area contributed by atoms with Crippen LogP contribution in [0.15, 0.2) is 83.3 Å². The van der Waals surface area contributed by atoms with Crippen molar-refractivity contribution in [3.8, 4) is 0 Å². The van der Waals surface area contributed by atoms with Gasteiger partial charge in [0.2, 0.25) is 10.0 Å². The van der Waals surface area contributed by atoms with E-state index in [1.54, 1.807) is 24.3 Å². The zero-order chi connectivity index (χ0) is 17.9. The summed E-state index contributed by atoms with van der Waals surface area (Å²) in [5.74, 6) is 0. The Morgan fingerprint density at radius 1 is 0.960 bits per heavy atom. The van der Waals surface area contributed by atoms with E-state index in [1.165, 1.54) is 0 Å². The number of anilines is 1. The van der Waals surface area contributed by atoms with E-state index in [2.05, 4.69) is 10.0 Å². The molecule has 0 fully saturated rings. The molecule has 0 saturated carbocycles. The van der Waals surface area contributed by atoms with E-state index in [9.17, 15) is 8.42 Å². The smallest absolute Gasteiger partial charge is 0.242 e. The summed E-state index contributed by atoms with van der Waals surface area (Å²) in [4.78, 5) is 0.256. The van der Waals surface area contributed by atoms with E-state index in [0.717, 1.165) is 16.8 Å². The molecule has 3 rings (SSSR count). The highest BCUT2D eigenvalue weighted by atomic mass is 32.2. The van der Waals surface area contributed by atoms with Crippen LogP contribution in [0.25, 0.3) is 0 Å². The Balaban J connectivity index is 1.93. The summed E-state index contributed by atoms with van der Waals surface area (Å²) >= 11 is 0. The summed E-state index contributed by atoms with van der Waals surface area (Å²) in [7, 11) is -3.67. The van der Waals surface area contributed by atoms with Crippen LogP contribution >= 0.6 is 0 Å². The fraction of sp³-hybridized carbons (Fsp3) is 0.200. The maximum absolute atomic E-state index is 12.9. The molecule has 0 heterocycles. The monoisotopic (exact) mass is 354 g/mol. The zero-order valence-electron chi connectivity index (χ0n) is 14.4. The first-order chi connectivity index (χ1) is 11.9. The highest BCUT2D eigenvalue weighted by Gasteiger charge is 2.33. The number of nitrogens with one attached hydrogen (secondary N) is 2. The van der Waals surface area contributed by atoms with Crippen LogP contribution in [0.3, 0.4) is 0 Å². The second-order valence-electron chi connectivity index (χ2n) is 6.37. The predicted molar refractivity (Wildman–Crippen MR) is 102 cm³/mol. The highest BCUT2D eigenvalue weighted by Crippen LogP contribution is 2.26. The lowest BCUT2D eigenvalue weighted by Gasteiger charge is -2.34. The summed E-state index contributed by atoms with van der Waals surface area (Å²) in [6.07, 6.45) is 6.35. The first-order valence-corrected chi connectivity index (χ1v) is 9.67. The molecule has 1 aliphatic carbocycles. The van der Waals surface area contributed by atoms with Crippen LogP contribution in [0.2, 0.25) is 0 Å². The molecule has 4 nitrogen and oxygen atoms in total. The molecule has 0 bridgehead atoms. The van der Waals surface area contributed by atoms with Crippen molar-refractivity contribution in [3.05, 3.63) is 84.0 Å². The Morgan fingerprint density at radius 3 is 2.24 bits per heavy atom. The third-order valence-electron chi connectivity index (χ3n) is 4.17. The molecule has 2 N–H and O–H groups in total. The van der Waals surface area contributed by atoms with Gasteiger partial charge in [-0.15, -0.1) is 0 Å². The van der Waals surface area contributed by atoms with Gasteiger partial charge in [0.25, 0.3) is 0 Å². The largest absolute Gasteiger partial charge is 0.363 e. The standard InChI is InChI=1S/C20H22N2O2S/c1-16-8-10-19(11-9-16)25(23,24)22-20(14-12-17(2)13-15-20)21-18-6-4-3-5-7-18/h3-14,21-22H,15H2,1-2H3. The molecule has 1 atom stereocenters. The van der Waals surface area contributed by atoms with Gasteiger partial charge in [-0.2, -0.15) is 4.72 Å². The van der Waals surface area contributed by atoms with Crippen LogP contribution in [0.4, 0.5) is 5.69 Å². The molecule has 0 amide bonds. The zero-order valence-corrected chi connectivity index (χ0v) is 15.2. The van der Waals surface area contributed by atoms with E-state index in [0.29, 0.717) is 6.42 Å². The van der Waals surface area contributed by atoms with Gasteiger partial charge in [-0.05, 0) is 44.2 Å². The molecule has 0 aromatic heterocycles. The Labute approximate surface area is 149 Å². The van der Waals surface area contributed by atoms with Crippen LogP contribution in [0.5, 0.6) is 0 Å². The van der Waals surface area contributed by atoms with Crippen molar-refractivity contribution in [1.29, 1.82) is 0 Å². The number of hydrogen-bond donors (Lipinski definition) is 2. The minimum absolute atomic E-state index is 0.256. The number of para-hydroxylation sites is 1. The number of allylic oxidation sites excluding steroid dienone is 2. The van der Waals surface area contributed by atoms with Gasteiger partial charge in [0, 0.05) is 12.1 Å². The second-order valence-corrected chi connectivity index (χ2v) is 8.05. The van der Waals surface area contributed by atoms with Crippen molar-refractivity contribution in [3.63, 3.8) is 0 Å². The van der Waals surface area contributed by atoms with Gasteiger partial charge >= 0.3 is 0 Å². The van der Waals surface area contributed by atoms with Gasteiger partial charge in [0.05, 0.1) is 4.90 Å². The quantitative estimate of drug-likeness (QED) is 0.798. The molecule has 5 heteroatoms. The van der Waals surface area contributed by atoms with Gasteiger partial charge in [0.1, 0.15) is 5.66 Å². The van der Waals surface area contributed by atoms with E-state index in [1.807, 2.05) is 62.4 Å². The SMILES string of the molecule is CC1=CCC(Nc2ccccc2)(NS(=O)(=O)c2ccc(C)cc2)C=C1. The number of aryl methyl sites for hydroxylation is 1. The highest BCUT2D eigenvalue weighted by molar-refractivity contribution is 7.89. The van der Waals surface area contributed by atoms with Crippen molar-refractivity contribution in [1.82, 2.24) is 4.72 Å². The Kier molecular flexibility index (Phi) is 4.79. The second kappa shape index (κ2) is 6.86. The van der Waals surface area contributed by atoms with Crippen LogP contribution in [0.1, 0.15) is 18.9 Å². The van der Waals surface area contributed by atoms with Crippen LogP contribution in [-0.4, -0.2) is 14.1 Å². The maximum atomic E-state index is 12.9. The lowest BCUT2D eigenvalue weighted by atomic mass is 9.98. The van der Waals surface area contributed by atoms with E-state index >= 15 is 0 Å². The fourth-order valence-corrected chi connectivity index (χ4v) is 4.02. The average molecular weight is 354 g/mol. The molecule has 25 heavy (non-hydrogen) atoms. The Hall–Kier alpha value is -2.37. The minimum Gasteiger partial charge on any atom is -0.363 e. The molecule has 0 radical (unpaired) electrons. The first-order valence-electron chi connectivity index (χ1n) is 8.18. The van der Waals surface area contributed by atoms with Crippen LogP contribution in [0, 0.1) is 6.92 Å². The van der Waals surface area contributed by atoms with E-state index < -0.39 is 15.7 Å². The number of benzene rings is 2. The van der Waals surface area contributed by atoms with Crippen molar-refractivity contribution < 1.29 is 8.42 Å². The summed E-state index contributed by atoms with van der Waals surface area (Å²) < 4.78 is 28.6. The van der Waals surface area contributed by atoms with Crippen LogP contribution < -0.4 is 10.0 Å². The Morgan fingerprint density at radius 2 is 1.64 bits per heavy atom. The summed E-state index contributed by atoms with van der Waals surface area (Å²) in [6.45, 7) is 3.93. The molecule has 1 unspecified atom stereocenters. The third-order valence-corrected chi connectivity index (χ3v) is 5.69. The fourth-order valence-electron chi connectivity index (χ4n) is 2.72. The molecule has 2 aromatic carbocycles. The van der Waals surface area contributed by atoms with Crippen molar-refractivity contribution in [2.75, 3.05) is 5.32 Å². The third kappa shape index (κ3) is 4.18. The van der Waals surface area contributed by atoms with Gasteiger partial charge in [-0.1, -0.05) is 53.6 Å². The molecule has 130 valence electrons. The van der Waals surface area contributed by atoms with Crippen molar-refractivity contribution in [2.45, 2.75) is 30.8 Å². The Bertz CT molecular complexity index is 900. The molecule has 1 aliphatic rings. The van der Waals surface area contributed by atoms with Gasteiger partial charge in [-0.25, -0.2) is 8.42 Å².